The van der Waals surface area contributed by atoms with E-state index in [1.807, 2.05) is 19.1 Å². The Kier molecular flexibility index (Phi) is 3.06. The highest BCUT2D eigenvalue weighted by Gasteiger charge is 2.04. The van der Waals surface area contributed by atoms with Crippen LogP contribution in [0.25, 0.3) is 0 Å². The first-order chi connectivity index (χ1) is 5.69. The summed E-state index contributed by atoms with van der Waals surface area (Å²) in [7, 11) is 0. The third-order valence-electron chi connectivity index (χ3n) is 1.76. The van der Waals surface area contributed by atoms with E-state index in [-0.39, 0.29) is 0 Å². The number of benzene rings is 1. The maximum Gasteiger partial charge on any atom is 0.0995 e. The highest BCUT2D eigenvalue weighted by molar-refractivity contribution is 14.1. The number of hydrogen-bond acceptors (Lipinski definition) is 2. The Morgan fingerprint density at radius 1 is 1.58 bits per heavy atom. The third kappa shape index (κ3) is 1.76. The largest absolute Gasteiger partial charge is 0.326 e. The summed E-state index contributed by atoms with van der Waals surface area (Å²) < 4.78 is 1.08. The smallest absolute Gasteiger partial charge is 0.0995 e. The monoisotopic (exact) mass is 272 g/mol. The van der Waals surface area contributed by atoms with Crippen molar-refractivity contribution in [2.45, 2.75) is 13.5 Å². The van der Waals surface area contributed by atoms with Crippen LogP contribution in [0.5, 0.6) is 0 Å². The van der Waals surface area contributed by atoms with Crippen molar-refractivity contribution in [2.24, 2.45) is 5.73 Å². The summed E-state index contributed by atoms with van der Waals surface area (Å²) in [4.78, 5) is 0. The molecule has 1 aromatic rings. The van der Waals surface area contributed by atoms with E-state index in [1.54, 1.807) is 0 Å². The molecule has 0 fully saturated rings. The minimum atomic E-state index is 0.436. The second kappa shape index (κ2) is 3.87. The quantitative estimate of drug-likeness (QED) is 0.794. The zero-order valence-electron chi connectivity index (χ0n) is 6.76. The molecule has 62 valence electrons. The SMILES string of the molecule is Cc1cc(I)cc(C#N)c1CN. The molecule has 0 aliphatic carbocycles. The molecule has 2 nitrogen and oxygen atoms in total. The van der Waals surface area contributed by atoms with Crippen LogP contribution in [-0.2, 0) is 6.54 Å². The molecule has 0 bridgehead atoms. The Morgan fingerprint density at radius 2 is 2.25 bits per heavy atom. The predicted octanol–water partition coefficient (Wildman–Crippen LogP) is 1.93. The third-order valence-corrected chi connectivity index (χ3v) is 2.39. The van der Waals surface area contributed by atoms with Gasteiger partial charge in [0.15, 0.2) is 0 Å². The summed E-state index contributed by atoms with van der Waals surface area (Å²) in [5.74, 6) is 0. The molecule has 0 aliphatic heterocycles. The molecule has 2 N–H and O–H groups in total. The van der Waals surface area contributed by atoms with Crippen molar-refractivity contribution in [1.29, 1.82) is 5.26 Å². The summed E-state index contributed by atoms with van der Waals surface area (Å²) in [6, 6.07) is 6.03. The molecule has 0 amide bonds. The van der Waals surface area contributed by atoms with Gasteiger partial charge in [-0.25, -0.2) is 0 Å². The van der Waals surface area contributed by atoms with Crippen molar-refractivity contribution in [3.05, 3.63) is 32.4 Å². The molecule has 12 heavy (non-hydrogen) atoms. The van der Waals surface area contributed by atoms with E-state index in [1.165, 1.54) is 0 Å². The molecule has 0 unspecified atom stereocenters. The average Bonchev–Trinajstić information content (AvgIpc) is 2.03. The van der Waals surface area contributed by atoms with Crippen molar-refractivity contribution >= 4 is 22.6 Å². The molecule has 0 atom stereocenters. The van der Waals surface area contributed by atoms with E-state index in [0.717, 1.165) is 14.7 Å². The molecule has 0 saturated carbocycles. The lowest BCUT2D eigenvalue weighted by Crippen LogP contribution is -2.02. The number of rotatable bonds is 1. The predicted molar refractivity (Wildman–Crippen MR) is 56.5 cm³/mol. The Bertz CT molecular complexity index is 339. The van der Waals surface area contributed by atoms with Gasteiger partial charge in [0, 0.05) is 10.1 Å². The van der Waals surface area contributed by atoms with Crippen molar-refractivity contribution in [1.82, 2.24) is 0 Å². The second-order valence-corrected chi connectivity index (χ2v) is 3.81. The van der Waals surface area contributed by atoms with Crippen LogP contribution in [0.4, 0.5) is 0 Å². The van der Waals surface area contributed by atoms with Gasteiger partial charge in [-0.2, -0.15) is 5.26 Å². The molecular formula is C9H9IN2. The topological polar surface area (TPSA) is 49.8 Å². The van der Waals surface area contributed by atoms with E-state index in [4.69, 9.17) is 11.0 Å². The van der Waals surface area contributed by atoms with Crippen LogP contribution >= 0.6 is 22.6 Å². The van der Waals surface area contributed by atoms with Gasteiger partial charge in [0.05, 0.1) is 11.6 Å². The zero-order valence-corrected chi connectivity index (χ0v) is 8.92. The number of aryl methyl sites for hydroxylation is 1. The van der Waals surface area contributed by atoms with Gasteiger partial charge < -0.3 is 5.73 Å². The highest BCUT2D eigenvalue weighted by Crippen LogP contribution is 2.17. The molecule has 1 rings (SSSR count). The van der Waals surface area contributed by atoms with Gasteiger partial charge in [0.2, 0.25) is 0 Å². The molecule has 1 aromatic carbocycles. The lowest BCUT2D eigenvalue weighted by Gasteiger charge is -2.05. The number of halogens is 1. The van der Waals surface area contributed by atoms with Gasteiger partial charge >= 0.3 is 0 Å². The maximum absolute atomic E-state index is 8.79. The second-order valence-electron chi connectivity index (χ2n) is 2.56. The van der Waals surface area contributed by atoms with Crippen LogP contribution in [0, 0.1) is 21.8 Å². The fourth-order valence-corrected chi connectivity index (χ4v) is 1.92. The van der Waals surface area contributed by atoms with E-state index < -0.39 is 0 Å². The van der Waals surface area contributed by atoms with Crippen LogP contribution < -0.4 is 5.73 Å². The molecule has 3 heteroatoms. The Hall–Kier alpha value is -0.600. The van der Waals surface area contributed by atoms with E-state index in [9.17, 15) is 0 Å². The minimum Gasteiger partial charge on any atom is -0.326 e. The number of hydrogen-bond donors (Lipinski definition) is 1. The first-order valence-corrected chi connectivity index (χ1v) is 4.66. The molecule has 0 aliphatic rings. The molecule has 0 radical (unpaired) electrons. The number of nitrogens with two attached hydrogens (primary N) is 1. The zero-order chi connectivity index (χ0) is 9.14. The lowest BCUT2D eigenvalue weighted by molar-refractivity contribution is 1.04. The molecule has 0 saturated heterocycles. The van der Waals surface area contributed by atoms with Gasteiger partial charge in [-0.15, -0.1) is 0 Å². The van der Waals surface area contributed by atoms with Gasteiger partial charge in [-0.05, 0) is 52.8 Å². The Balaban J connectivity index is 3.36. The summed E-state index contributed by atoms with van der Waals surface area (Å²) in [6.07, 6.45) is 0. The van der Waals surface area contributed by atoms with Crippen molar-refractivity contribution < 1.29 is 0 Å². The Labute approximate surface area is 85.5 Å². The summed E-state index contributed by atoms with van der Waals surface area (Å²) in [5.41, 5.74) is 8.27. The number of nitriles is 1. The van der Waals surface area contributed by atoms with Crippen molar-refractivity contribution in [2.75, 3.05) is 0 Å². The van der Waals surface area contributed by atoms with E-state index >= 15 is 0 Å². The van der Waals surface area contributed by atoms with Crippen LogP contribution in [0.3, 0.4) is 0 Å². The maximum atomic E-state index is 8.79. The molecule has 0 aromatic heterocycles. The molecule has 0 spiro atoms. The van der Waals surface area contributed by atoms with Crippen LogP contribution in [0.15, 0.2) is 12.1 Å². The Morgan fingerprint density at radius 3 is 2.75 bits per heavy atom. The van der Waals surface area contributed by atoms with Gasteiger partial charge in [-0.3, -0.25) is 0 Å². The van der Waals surface area contributed by atoms with Gasteiger partial charge in [-0.1, -0.05) is 0 Å². The average molecular weight is 272 g/mol. The van der Waals surface area contributed by atoms with Crippen LogP contribution in [0.2, 0.25) is 0 Å². The summed E-state index contributed by atoms with van der Waals surface area (Å²) >= 11 is 2.20. The van der Waals surface area contributed by atoms with Crippen molar-refractivity contribution in [3.8, 4) is 6.07 Å². The van der Waals surface area contributed by atoms with E-state index in [2.05, 4.69) is 28.7 Å². The first-order valence-electron chi connectivity index (χ1n) is 3.58. The highest BCUT2D eigenvalue weighted by atomic mass is 127. The van der Waals surface area contributed by atoms with Crippen molar-refractivity contribution in [3.63, 3.8) is 0 Å². The van der Waals surface area contributed by atoms with Gasteiger partial charge in [0.1, 0.15) is 0 Å². The molecular weight excluding hydrogens is 263 g/mol. The van der Waals surface area contributed by atoms with Crippen LogP contribution in [-0.4, -0.2) is 0 Å². The summed E-state index contributed by atoms with van der Waals surface area (Å²) in [6.45, 7) is 2.41. The van der Waals surface area contributed by atoms with Gasteiger partial charge in [0.25, 0.3) is 0 Å². The summed E-state index contributed by atoms with van der Waals surface area (Å²) in [5, 5.41) is 8.79. The molecule has 0 heterocycles. The van der Waals surface area contributed by atoms with E-state index in [0.29, 0.717) is 12.1 Å². The standard InChI is InChI=1S/C9H9IN2/c1-6-2-8(10)3-7(4-11)9(6)5-12/h2-3H,5,12H2,1H3. The minimum absolute atomic E-state index is 0.436. The first kappa shape index (κ1) is 9.49. The normalized spacial score (nSPS) is 9.50. The number of nitrogens with zero attached hydrogens (tertiary/aromatic N) is 1. The fourth-order valence-electron chi connectivity index (χ4n) is 1.14. The van der Waals surface area contributed by atoms with Crippen LogP contribution in [0.1, 0.15) is 16.7 Å². The fraction of sp³-hybridized carbons (Fsp3) is 0.222. The lowest BCUT2D eigenvalue weighted by atomic mass is 10.0.